The molecule has 0 atom stereocenters. The Morgan fingerprint density at radius 2 is 2.20 bits per heavy atom. The molecular weight excluding hydrogens is 190 g/mol. The van der Waals surface area contributed by atoms with Gasteiger partial charge in [-0.2, -0.15) is 0 Å². The van der Waals surface area contributed by atoms with Gasteiger partial charge in [0.25, 0.3) is 0 Å². The molecule has 1 rings (SSSR count). The zero-order valence-electron chi connectivity index (χ0n) is 9.79. The Bertz CT molecular complexity index is 337. The molecule has 1 aromatic rings. The summed E-state index contributed by atoms with van der Waals surface area (Å²) in [7, 11) is 1.69. The van der Waals surface area contributed by atoms with Gasteiger partial charge in [0.05, 0.1) is 24.0 Å². The number of methoxy groups -OCH3 is 1. The molecule has 84 valence electrons. The van der Waals surface area contributed by atoms with Crippen LogP contribution in [0.25, 0.3) is 0 Å². The van der Waals surface area contributed by atoms with Crippen LogP contribution in [0.15, 0.2) is 12.3 Å². The lowest BCUT2D eigenvalue weighted by Gasteiger charge is -2.26. The van der Waals surface area contributed by atoms with Gasteiger partial charge in [-0.15, -0.1) is 0 Å². The highest BCUT2D eigenvalue weighted by molar-refractivity contribution is 5.51. The number of aryl methyl sites for hydroxylation is 1. The summed E-state index contributed by atoms with van der Waals surface area (Å²) in [5.41, 5.74) is 7.22. The summed E-state index contributed by atoms with van der Waals surface area (Å²) in [4.78, 5) is 4.25. The van der Waals surface area contributed by atoms with Crippen molar-refractivity contribution in [3.8, 4) is 0 Å². The van der Waals surface area contributed by atoms with Gasteiger partial charge in [0.1, 0.15) is 5.82 Å². The summed E-state index contributed by atoms with van der Waals surface area (Å²) in [6, 6.07) is 1.90. The molecule has 0 unspecified atom stereocenters. The first kappa shape index (κ1) is 11.8. The lowest BCUT2D eigenvalue weighted by molar-refractivity contribution is 0.158. The number of hydrogen-bond donors (Lipinski definition) is 2. The van der Waals surface area contributed by atoms with Crippen molar-refractivity contribution < 1.29 is 4.74 Å². The molecular formula is C11H19N3O. The number of ether oxygens (including phenoxy) is 1. The fraction of sp³-hybridized carbons (Fsp3) is 0.545. The van der Waals surface area contributed by atoms with E-state index in [1.54, 1.807) is 13.3 Å². The Morgan fingerprint density at radius 1 is 1.53 bits per heavy atom. The second-order valence-corrected chi connectivity index (χ2v) is 4.38. The molecule has 0 radical (unpaired) electrons. The van der Waals surface area contributed by atoms with Crippen LogP contribution in [0, 0.1) is 6.92 Å². The Balaban J connectivity index is 2.80. The highest BCUT2D eigenvalue weighted by atomic mass is 16.5. The minimum absolute atomic E-state index is 0.136. The number of nitrogens with two attached hydrogens (primary N) is 1. The molecule has 4 heteroatoms. The van der Waals surface area contributed by atoms with Crippen molar-refractivity contribution >= 4 is 11.5 Å². The van der Waals surface area contributed by atoms with Gasteiger partial charge in [-0.3, -0.25) is 0 Å². The molecule has 0 saturated carbocycles. The van der Waals surface area contributed by atoms with E-state index >= 15 is 0 Å². The minimum atomic E-state index is -0.136. The first-order valence-electron chi connectivity index (χ1n) is 4.94. The predicted octanol–water partition coefficient (Wildman–Crippen LogP) is 1.81. The van der Waals surface area contributed by atoms with Gasteiger partial charge in [0, 0.05) is 7.11 Å². The van der Waals surface area contributed by atoms with Crippen molar-refractivity contribution in [3.63, 3.8) is 0 Å². The Labute approximate surface area is 90.8 Å². The number of hydrogen-bond acceptors (Lipinski definition) is 4. The van der Waals surface area contributed by atoms with Crippen LogP contribution in [0.3, 0.4) is 0 Å². The maximum Gasteiger partial charge on any atom is 0.129 e. The molecule has 1 heterocycles. The molecule has 0 aliphatic carbocycles. The summed E-state index contributed by atoms with van der Waals surface area (Å²) in [6.07, 6.45) is 1.65. The summed E-state index contributed by atoms with van der Waals surface area (Å²) in [6.45, 7) is 6.73. The lowest BCUT2D eigenvalue weighted by atomic mass is 10.1. The maximum atomic E-state index is 5.63. The van der Waals surface area contributed by atoms with Crippen LogP contribution in [0.4, 0.5) is 11.5 Å². The van der Waals surface area contributed by atoms with E-state index in [9.17, 15) is 0 Å². The number of aromatic nitrogens is 1. The van der Waals surface area contributed by atoms with Crippen molar-refractivity contribution in [2.24, 2.45) is 0 Å². The van der Waals surface area contributed by atoms with Gasteiger partial charge < -0.3 is 15.8 Å². The molecule has 4 nitrogen and oxygen atoms in total. The van der Waals surface area contributed by atoms with E-state index in [-0.39, 0.29) is 5.54 Å². The van der Waals surface area contributed by atoms with E-state index in [4.69, 9.17) is 10.5 Å². The van der Waals surface area contributed by atoms with Crippen molar-refractivity contribution in [3.05, 3.63) is 17.8 Å². The van der Waals surface area contributed by atoms with Crippen molar-refractivity contribution in [2.75, 3.05) is 24.8 Å². The molecule has 0 spiro atoms. The van der Waals surface area contributed by atoms with E-state index < -0.39 is 0 Å². The molecule has 0 saturated heterocycles. The minimum Gasteiger partial charge on any atom is -0.397 e. The van der Waals surface area contributed by atoms with E-state index in [0.717, 1.165) is 11.4 Å². The summed E-state index contributed by atoms with van der Waals surface area (Å²) >= 11 is 0. The smallest absolute Gasteiger partial charge is 0.129 e. The summed E-state index contributed by atoms with van der Waals surface area (Å²) < 4.78 is 5.13. The van der Waals surface area contributed by atoms with E-state index in [1.165, 1.54) is 0 Å². The van der Waals surface area contributed by atoms with Crippen molar-refractivity contribution in [2.45, 2.75) is 26.3 Å². The number of rotatable bonds is 4. The van der Waals surface area contributed by atoms with Crippen LogP contribution in [0.5, 0.6) is 0 Å². The molecule has 0 aromatic carbocycles. The fourth-order valence-electron chi connectivity index (χ4n) is 1.44. The normalized spacial score (nSPS) is 11.5. The van der Waals surface area contributed by atoms with Crippen LogP contribution < -0.4 is 11.1 Å². The van der Waals surface area contributed by atoms with Crippen LogP contribution >= 0.6 is 0 Å². The van der Waals surface area contributed by atoms with Gasteiger partial charge in [0.2, 0.25) is 0 Å². The number of nitrogens with zero attached hydrogens (tertiary/aromatic N) is 1. The first-order chi connectivity index (χ1) is 6.94. The van der Waals surface area contributed by atoms with Gasteiger partial charge in [-0.1, -0.05) is 0 Å². The zero-order valence-corrected chi connectivity index (χ0v) is 9.79. The van der Waals surface area contributed by atoms with E-state index in [1.807, 2.05) is 13.0 Å². The third-order valence-electron chi connectivity index (χ3n) is 2.06. The molecule has 3 N–H and O–H groups in total. The molecule has 1 aromatic heterocycles. The van der Waals surface area contributed by atoms with Gasteiger partial charge in [-0.05, 0) is 32.4 Å². The Morgan fingerprint density at radius 3 is 2.73 bits per heavy atom. The van der Waals surface area contributed by atoms with Crippen LogP contribution in [-0.2, 0) is 4.74 Å². The first-order valence-corrected chi connectivity index (χ1v) is 4.94. The molecule has 0 fully saturated rings. The molecule has 0 amide bonds. The highest BCUT2D eigenvalue weighted by Gasteiger charge is 2.18. The monoisotopic (exact) mass is 209 g/mol. The SMILES string of the molecule is COCC(C)(C)Nc1ncc(N)cc1C. The van der Waals surface area contributed by atoms with Gasteiger partial charge in [-0.25, -0.2) is 4.98 Å². The Hall–Kier alpha value is -1.29. The maximum absolute atomic E-state index is 5.63. The average Bonchev–Trinajstić information content (AvgIpc) is 2.09. The lowest BCUT2D eigenvalue weighted by Crippen LogP contribution is -2.36. The van der Waals surface area contributed by atoms with Gasteiger partial charge in [0.15, 0.2) is 0 Å². The fourth-order valence-corrected chi connectivity index (χ4v) is 1.44. The van der Waals surface area contributed by atoms with E-state index in [2.05, 4.69) is 24.1 Å². The average molecular weight is 209 g/mol. The number of nitrogen functional groups attached to an aromatic ring is 1. The number of pyridine rings is 1. The quantitative estimate of drug-likeness (QED) is 0.794. The van der Waals surface area contributed by atoms with Crippen molar-refractivity contribution in [1.82, 2.24) is 4.98 Å². The van der Waals surface area contributed by atoms with Gasteiger partial charge >= 0.3 is 0 Å². The zero-order chi connectivity index (χ0) is 11.5. The second-order valence-electron chi connectivity index (χ2n) is 4.38. The Kier molecular flexibility index (Phi) is 3.52. The third-order valence-corrected chi connectivity index (χ3v) is 2.06. The topological polar surface area (TPSA) is 60.2 Å². The predicted molar refractivity (Wildman–Crippen MR) is 63.0 cm³/mol. The number of nitrogens with one attached hydrogen (secondary N) is 1. The molecule has 15 heavy (non-hydrogen) atoms. The number of anilines is 2. The highest BCUT2D eigenvalue weighted by Crippen LogP contribution is 2.18. The summed E-state index contributed by atoms with van der Waals surface area (Å²) in [5, 5.41) is 3.32. The molecule has 0 bridgehead atoms. The third kappa shape index (κ3) is 3.40. The van der Waals surface area contributed by atoms with E-state index in [0.29, 0.717) is 12.3 Å². The van der Waals surface area contributed by atoms with Crippen LogP contribution in [-0.4, -0.2) is 24.2 Å². The largest absolute Gasteiger partial charge is 0.397 e. The second kappa shape index (κ2) is 4.49. The van der Waals surface area contributed by atoms with Crippen molar-refractivity contribution in [1.29, 1.82) is 0 Å². The van der Waals surface area contributed by atoms with Crippen LogP contribution in [0.2, 0.25) is 0 Å². The molecule has 0 aliphatic rings. The van der Waals surface area contributed by atoms with Crippen LogP contribution in [0.1, 0.15) is 19.4 Å². The standard InChI is InChI=1S/C11H19N3O/c1-8-5-9(12)6-13-10(8)14-11(2,3)7-15-4/h5-6H,7,12H2,1-4H3,(H,13,14). The molecule has 0 aliphatic heterocycles. The summed E-state index contributed by atoms with van der Waals surface area (Å²) in [5.74, 6) is 0.853.